The number of hydrogen-bond donors (Lipinski definition) is 0. The molecule has 0 bridgehead atoms. The Labute approximate surface area is 104 Å². The fourth-order valence-electron chi connectivity index (χ4n) is 1.64. The molecule has 0 saturated heterocycles. The van der Waals surface area contributed by atoms with Gasteiger partial charge in [-0.3, -0.25) is 0 Å². The molecule has 0 N–H and O–H groups in total. The number of rotatable bonds is 3. The van der Waals surface area contributed by atoms with Crippen LogP contribution in [0.4, 0.5) is 8.78 Å². The van der Waals surface area contributed by atoms with E-state index < -0.39 is 11.3 Å². The highest BCUT2D eigenvalue weighted by molar-refractivity contribution is 6.23. The molecule has 88 valence electrons. The molecule has 2 atom stereocenters. The van der Waals surface area contributed by atoms with Gasteiger partial charge in [0, 0.05) is 5.56 Å². The summed E-state index contributed by atoms with van der Waals surface area (Å²) in [6, 6.07) is 16.0. The molecule has 2 aromatic rings. The summed E-state index contributed by atoms with van der Waals surface area (Å²) < 4.78 is 28.4. The smallest absolute Gasteiger partial charge is 0.237 e. The molecule has 0 fully saturated rings. The molecule has 2 aromatic carbocycles. The first-order valence-electron chi connectivity index (χ1n) is 5.24. The van der Waals surface area contributed by atoms with Crippen LogP contribution in [0, 0.1) is 0 Å². The summed E-state index contributed by atoms with van der Waals surface area (Å²) in [5, 5.41) is -2.54. The first-order chi connectivity index (χ1) is 8.12. The largest absolute Gasteiger partial charge is 0.243 e. The van der Waals surface area contributed by atoms with Crippen LogP contribution in [0.3, 0.4) is 0 Å². The average Bonchev–Trinajstić information content (AvgIpc) is 2.40. The van der Waals surface area contributed by atoms with Crippen molar-refractivity contribution < 1.29 is 8.78 Å². The predicted octanol–water partition coefficient (Wildman–Crippen LogP) is 4.76. The van der Waals surface area contributed by atoms with Gasteiger partial charge < -0.3 is 0 Å². The minimum atomic E-state index is -2.54. The van der Waals surface area contributed by atoms with E-state index in [2.05, 4.69) is 0 Å². The van der Waals surface area contributed by atoms with Crippen LogP contribution in [-0.4, -0.2) is 0 Å². The molecular weight excluding hydrogens is 242 g/mol. The summed E-state index contributed by atoms with van der Waals surface area (Å²) in [7, 11) is 0. The lowest BCUT2D eigenvalue weighted by Gasteiger charge is -2.22. The van der Waals surface area contributed by atoms with Crippen molar-refractivity contribution in [1.82, 2.24) is 0 Å². The Kier molecular flexibility index (Phi) is 3.43. The lowest BCUT2D eigenvalue weighted by Crippen LogP contribution is -2.19. The zero-order valence-corrected chi connectivity index (χ0v) is 9.74. The second-order valence-electron chi connectivity index (χ2n) is 3.76. The molecule has 0 saturated carbocycles. The third kappa shape index (κ3) is 2.47. The second kappa shape index (κ2) is 4.84. The molecule has 0 heterocycles. The van der Waals surface area contributed by atoms with E-state index in [4.69, 9.17) is 11.6 Å². The topological polar surface area (TPSA) is 0 Å². The van der Waals surface area contributed by atoms with Crippen LogP contribution < -0.4 is 0 Å². The molecule has 0 aliphatic carbocycles. The Morgan fingerprint density at radius 2 is 1.35 bits per heavy atom. The van der Waals surface area contributed by atoms with Gasteiger partial charge in [0.15, 0.2) is 6.17 Å². The van der Waals surface area contributed by atoms with E-state index in [0.717, 1.165) is 0 Å². The van der Waals surface area contributed by atoms with Crippen LogP contribution >= 0.6 is 11.6 Å². The lowest BCUT2D eigenvalue weighted by molar-refractivity contribution is 0.128. The molecule has 0 aromatic heterocycles. The average molecular weight is 253 g/mol. The molecule has 0 unspecified atom stereocenters. The summed E-state index contributed by atoms with van der Waals surface area (Å²) in [6.45, 7) is 0. The normalized spacial score (nSPS) is 16.2. The molecular formula is C14H11ClF2. The van der Waals surface area contributed by atoms with Crippen molar-refractivity contribution in [2.75, 3.05) is 0 Å². The van der Waals surface area contributed by atoms with E-state index >= 15 is 0 Å². The highest BCUT2D eigenvalue weighted by Gasteiger charge is 2.40. The first-order valence-corrected chi connectivity index (χ1v) is 5.62. The van der Waals surface area contributed by atoms with Gasteiger partial charge in [0.1, 0.15) is 0 Å². The van der Waals surface area contributed by atoms with Crippen LogP contribution in [0.15, 0.2) is 60.7 Å². The summed E-state index contributed by atoms with van der Waals surface area (Å²) in [5.41, 5.74) is 0.354. The van der Waals surface area contributed by atoms with E-state index in [9.17, 15) is 8.78 Å². The molecule has 0 aliphatic rings. The number of alkyl halides is 3. The maximum absolute atomic E-state index is 14.3. The zero-order valence-electron chi connectivity index (χ0n) is 8.98. The molecule has 0 aliphatic heterocycles. The number of hydrogen-bond acceptors (Lipinski definition) is 0. The van der Waals surface area contributed by atoms with Crippen LogP contribution in [-0.2, 0) is 5.13 Å². The Hall–Kier alpha value is -1.41. The maximum atomic E-state index is 14.3. The second-order valence-corrected chi connectivity index (χ2v) is 4.31. The van der Waals surface area contributed by atoms with Crippen molar-refractivity contribution in [3.8, 4) is 0 Å². The quantitative estimate of drug-likeness (QED) is 0.691. The summed E-state index contributed by atoms with van der Waals surface area (Å²) in [5.74, 6) is 0. The zero-order chi connectivity index (χ0) is 12.3. The Balaban J connectivity index is 2.33. The van der Waals surface area contributed by atoms with Crippen molar-refractivity contribution in [2.45, 2.75) is 11.3 Å². The number of halogens is 3. The third-order valence-corrected chi connectivity index (χ3v) is 2.98. The van der Waals surface area contributed by atoms with E-state index in [1.54, 1.807) is 36.4 Å². The van der Waals surface area contributed by atoms with Crippen molar-refractivity contribution in [3.05, 3.63) is 71.8 Å². The highest BCUT2D eigenvalue weighted by atomic mass is 35.5. The van der Waals surface area contributed by atoms with Crippen LogP contribution in [0.1, 0.15) is 17.3 Å². The van der Waals surface area contributed by atoms with E-state index in [1.807, 2.05) is 0 Å². The van der Waals surface area contributed by atoms with Gasteiger partial charge in [0.2, 0.25) is 5.13 Å². The van der Waals surface area contributed by atoms with Gasteiger partial charge in [-0.05, 0) is 5.56 Å². The number of benzene rings is 2. The van der Waals surface area contributed by atoms with Crippen molar-refractivity contribution in [2.24, 2.45) is 0 Å². The van der Waals surface area contributed by atoms with E-state index in [-0.39, 0.29) is 11.1 Å². The van der Waals surface area contributed by atoms with E-state index in [1.165, 1.54) is 24.3 Å². The Morgan fingerprint density at radius 1 is 0.882 bits per heavy atom. The molecule has 0 amide bonds. The van der Waals surface area contributed by atoms with Crippen LogP contribution in [0.5, 0.6) is 0 Å². The van der Waals surface area contributed by atoms with Crippen LogP contribution in [0.2, 0.25) is 0 Å². The minimum Gasteiger partial charge on any atom is -0.237 e. The lowest BCUT2D eigenvalue weighted by atomic mass is 10.00. The molecule has 0 spiro atoms. The van der Waals surface area contributed by atoms with Gasteiger partial charge >= 0.3 is 0 Å². The minimum absolute atomic E-state index is 0.123. The van der Waals surface area contributed by atoms with Gasteiger partial charge in [-0.25, -0.2) is 8.78 Å². The van der Waals surface area contributed by atoms with Crippen LogP contribution in [0.25, 0.3) is 0 Å². The summed E-state index contributed by atoms with van der Waals surface area (Å²) in [4.78, 5) is 0. The molecule has 2 rings (SSSR count). The summed E-state index contributed by atoms with van der Waals surface area (Å²) in [6.07, 6.45) is -1.90. The first kappa shape index (κ1) is 12.1. The Bertz CT molecular complexity index is 468. The van der Waals surface area contributed by atoms with Crippen molar-refractivity contribution in [3.63, 3.8) is 0 Å². The van der Waals surface area contributed by atoms with Crippen molar-refractivity contribution in [1.29, 1.82) is 0 Å². The molecule has 17 heavy (non-hydrogen) atoms. The van der Waals surface area contributed by atoms with E-state index in [0.29, 0.717) is 0 Å². The fraction of sp³-hybridized carbons (Fsp3) is 0.143. The standard InChI is InChI=1S/C14H11ClF2/c15-14(17,12-9-5-2-6-10-12)13(16)11-7-3-1-4-8-11/h1-10,13H/t13-,14+/m0/s1. The SMILES string of the molecule is F[C@@H](c1ccccc1)[C@@](F)(Cl)c1ccccc1. The monoisotopic (exact) mass is 252 g/mol. The fourth-order valence-corrected chi connectivity index (χ4v) is 1.89. The maximum Gasteiger partial charge on any atom is 0.243 e. The highest BCUT2D eigenvalue weighted by Crippen LogP contribution is 2.44. The van der Waals surface area contributed by atoms with Gasteiger partial charge in [-0.2, -0.15) is 0 Å². The third-order valence-electron chi connectivity index (χ3n) is 2.57. The molecule has 0 nitrogen and oxygen atoms in total. The molecule has 3 heteroatoms. The van der Waals surface area contributed by atoms with Gasteiger partial charge in [-0.1, -0.05) is 72.3 Å². The Morgan fingerprint density at radius 3 is 1.88 bits per heavy atom. The van der Waals surface area contributed by atoms with Gasteiger partial charge in [0.25, 0.3) is 0 Å². The predicted molar refractivity (Wildman–Crippen MR) is 65.4 cm³/mol. The summed E-state index contributed by atoms with van der Waals surface area (Å²) >= 11 is 5.70. The van der Waals surface area contributed by atoms with Gasteiger partial charge in [-0.15, -0.1) is 0 Å². The van der Waals surface area contributed by atoms with Crippen molar-refractivity contribution >= 4 is 11.6 Å². The van der Waals surface area contributed by atoms with Gasteiger partial charge in [0.05, 0.1) is 0 Å². The molecule has 0 radical (unpaired) electrons.